The van der Waals surface area contributed by atoms with E-state index in [1.54, 1.807) is 0 Å². The Kier molecular flexibility index (Phi) is 2.90. The van der Waals surface area contributed by atoms with Crippen LogP contribution < -0.4 is 0 Å². The molecule has 0 aliphatic carbocycles. The first-order valence-electron chi connectivity index (χ1n) is 2.01. The molecule has 0 aliphatic rings. The molecule has 0 unspecified atom stereocenters. The second-order valence-corrected chi connectivity index (χ2v) is 2.98. The fourth-order valence-corrected chi connectivity index (χ4v) is 0.564. The van der Waals surface area contributed by atoms with E-state index in [9.17, 15) is 4.57 Å². The summed E-state index contributed by atoms with van der Waals surface area (Å²) in [5.74, 6) is 0. The monoisotopic (exact) mass is 137 g/mol. The van der Waals surface area contributed by atoms with Gasteiger partial charge in [-0.25, -0.2) is 0 Å². The molecule has 0 aromatic carbocycles. The van der Waals surface area contributed by atoms with Crippen molar-refractivity contribution >= 4 is 13.8 Å². The van der Waals surface area contributed by atoms with Gasteiger partial charge in [-0.05, 0) is 0 Å². The normalized spacial score (nSPS) is 12.9. The third-order valence-electron chi connectivity index (χ3n) is 0.502. The van der Waals surface area contributed by atoms with Crippen LogP contribution in [0.4, 0.5) is 0 Å². The van der Waals surface area contributed by atoms with Gasteiger partial charge in [-0.1, -0.05) is 0 Å². The maximum atomic E-state index is 9.99. The number of hydrogen-bond acceptors (Lipinski definition) is 2. The summed E-state index contributed by atoms with van der Waals surface area (Å²) in [4.78, 5) is 19.7. The van der Waals surface area contributed by atoms with Gasteiger partial charge >= 0.3 is 7.60 Å². The average Bonchev–Trinajstić information content (AvgIpc) is 1.59. The molecular weight excluding hydrogens is 129 g/mol. The quantitative estimate of drug-likeness (QED) is 0.411. The van der Waals surface area contributed by atoms with Gasteiger partial charge in [0.05, 0.1) is 6.16 Å². The maximum absolute atomic E-state index is 9.99. The Morgan fingerprint density at radius 1 is 1.75 bits per heavy atom. The average molecular weight is 137 g/mol. The number of nitrogens with zero attached hydrogens (tertiary/aromatic N) is 1. The molecule has 0 saturated heterocycles. The zero-order valence-corrected chi connectivity index (χ0v) is 5.38. The van der Waals surface area contributed by atoms with Gasteiger partial charge < -0.3 is 14.8 Å². The number of rotatable bonds is 2. The van der Waals surface area contributed by atoms with Gasteiger partial charge in [-0.2, -0.15) is 0 Å². The summed E-state index contributed by atoms with van der Waals surface area (Å²) in [5.41, 5.74) is 0. The molecule has 0 spiro atoms. The Hall–Kier alpha value is -0.180. The minimum Gasteiger partial charge on any atom is -0.324 e. The molecule has 5 heteroatoms. The first kappa shape index (κ1) is 7.82. The van der Waals surface area contributed by atoms with Gasteiger partial charge in [-0.3, -0.25) is 4.57 Å². The second-order valence-electron chi connectivity index (χ2n) is 1.29. The summed E-state index contributed by atoms with van der Waals surface area (Å²) in [5, 5.41) is 0. The van der Waals surface area contributed by atoms with Gasteiger partial charge in [0.1, 0.15) is 0 Å². The van der Waals surface area contributed by atoms with E-state index >= 15 is 0 Å². The maximum Gasteiger partial charge on any atom is 0.330 e. The summed E-state index contributed by atoms with van der Waals surface area (Å²) >= 11 is 0. The number of aliphatic imine (C=N–C) groups is 1. The molecule has 48 valence electrons. The fraction of sp³-hybridized carbons (Fsp3) is 0.667. The van der Waals surface area contributed by atoms with Crippen LogP contribution in [-0.2, 0) is 4.57 Å². The molecule has 0 heterocycles. The van der Waals surface area contributed by atoms with Crippen LogP contribution in [0.1, 0.15) is 0 Å². The molecule has 0 atom stereocenters. The van der Waals surface area contributed by atoms with Gasteiger partial charge in [-0.15, -0.1) is 0 Å². The van der Waals surface area contributed by atoms with Gasteiger partial charge in [0, 0.05) is 13.3 Å². The lowest BCUT2D eigenvalue weighted by Gasteiger charge is -1.94. The highest BCUT2D eigenvalue weighted by Gasteiger charge is 2.08. The van der Waals surface area contributed by atoms with Crippen molar-refractivity contribution in [3.05, 3.63) is 0 Å². The lowest BCUT2D eigenvalue weighted by atomic mass is 10.9. The van der Waals surface area contributed by atoms with Crippen LogP contribution in [0.3, 0.4) is 0 Å². The van der Waals surface area contributed by atoms with Crippen LogP contribution in [0.2, 0.25) is 0 Å². The highest BCUT2D eigenvalue weighted by molar-refractivity contribution is 7.52. The fourth-order valence-electron chi connectivity index (χ4n) is 0.188. The molecule has 0 radical (unpaired) electrons. The van der Waals surface area contributed by atoms with Crippen LogP contribution >= 0.6 is 7.60 Å². The van der Waals surface area contributed by atoms with Crippen molar-refractivity contribution in [2.45, 2.75) is 0 Å². The van der Waals surface area contributed by atoms with E-state index in [0.29, 0.717) is 0 Å². The topological polar surface area (TPSA) is 69.9 Å². The minimum atomic E-state index is -3.83. The van der Waals surface area contributed by atoms with Crippen LogP contribution in [0.15, 0.2) is 4.99 Å². The van der Waals surface area contributed by atoms with Crippen molar-refractivity contribution in [3.63, 3.8) is 0 Å². The Morgan fingerprint density at radius 3 is 2.38 bits per heavy atom. The van der Waals surface area contributed by atoms with Crippen molar-refractivity contribution < 1.29 is 14.4 Å². The first-order chi connectivity index (χ1) is 3.56. The lowest BCUT2D eigenvalue weighted by molar-refractivity contribution is 0.378. The Labute approximate surface area is 47.4 Å². The van der Waals surface area contributed by atoms with E-state index in [1.165, 1.54) is 13.3 Å². The molecule has 0 rings (SSSR count). The SMILES string of the molecule is C/N=C/CP(=O)(O)O. The van der Waals surface area contributed by atoms with Crippen molar-refractivity contribution in [1.82, 2.24) is 0 Å². The predicted molar refractivity (Wildman–Crippen MR) is 31.3 cm³/mol. The first-order valence-corrected chi connectivity index (χ1v) is 3.81. The summed E-state index contributed by atoms with van der Waals surface area (Å²) in [6, 6.07) is 0. The van der Waals surface area contributed by atoms with Crippen LogP contribution in [0, 0.1) is 0 Å². The molecule has 8 heavy (non-hydrogen) atoms. The van der Waals surface area contributed by atoms with Gasteiger partial charge in [0.25, 0.3) is 0 Å². The predicted octanol–water partition coefficient (Wildman–Crippen LogP) is -0.135. The van der Waals surface area contributed by atoms with Crippen molar-refractivity contribution in [1.29, 1.82) is 0 Å². The molecule has 0 bridgehead atoms. The molecule has 0 fully saturated rings. The second kappa shape index (κ2) is 2.97. The van der Waals surface area contributed by atoms with Crippen molar-refractivity contribution in [3.8, 4) is 0 Å². The van der Waals surface area contributed by atoms with Gasteiger partial charge in [0.2, 0.25) is 0 Å². The summed E-state index contributed by atoms with van der Waals surface area (Å²) in [7, 11) is -2.36. The van der Waals surface area contributed by atoms with Crippen LogP contribution in [-0.4, -0.2) is 29.2 Å². The van der Waals surface area contributed by atoms with E-state index in [2.05, 4.69) is 4.99 Å². The zero-order valence-electron chi connectivity index (χ0n) is 4.48. The van der Waals surface area contributed by atoms with E-state index in [0.717, 1.165) is 0 Å². The molecule has 0 aromatic heterocycles. The van der Waals surface area contributed by atoms with Crippen molar-refractivity contribution in [2.24, 2.45) is 4.99 Å². The summed E-state index contributed by atoms with van der Waals surface area (Å²) in [6.45, 7) is 0. The highest BCUT2D eigenvalue weighted by Crippen LogP contribution is 2.32. The smallest absolute Gasteiger partial charge is 0.324 e. The Bertz CT molecular complexity index is 126. The van der Waals surface area contributed by atoms with E-state index in [1.807, 2.05) is 0 Å². The van der Waals surface area contributed by atoms with Crippen molar-refractivity contribution in [2.75, 3.05) is 13.2 Å². The highest BCUT2D eigenvalue weighted by atomic mass is 31.2. The molecular formula is C3H8NO3P. The minimum absolute atomic E-state index is 0.260. The largest absolute Gasteiger partial charge is 0.330 e. The lowest BCUT2D eigenvalue weighted by Crippen LogP contribution is -1.86. The van der Waals surface area contributed by atoms with Crippen LogP contribution in [0.5, 0.6) is 0 Å². The Morgan fingerprint density at radius 2 is 2.25 bits per heavy atom. The third kappa shape index (κ3) is 5.82. The third-order valence-corrected chi connectivity index (χ3v) is 1.14. The zero-order chi connectivity index (χ0) is 6.62. The molecule has 0 aliphatic heterocycles. The summed E-state index contributed by atoms with van der Waals surface area (Å²) < 4.78 is 9.99. The molecule has 0 aromatic rings. The summed E-state index contributed by atoms with van der Waals surface area (Å²) in [6.07, 6.45) is 0.935. The van der Waals surface area contributed by atoms with Gasteiger partial charge in [0.15, 0.2) is 0 Å². The Balaban J connectivity index is 3.57. The van der Waals surface area contributed by atoms with E-state index in [4.69, 9.17) is 9.79 Å². The molecule has 2 N–H and O–H groups in total. The van der Waals surface area contributed by atoms with E-state index in [-0.39, 0.29) is 6.16 Å². The van der Waals surface area contributed by atoms with Crippen LogP contribution in [0.25, 0.3) is 0 Å². The number of hydrogen-bond donors (Lipinski definition) is 2. The molecule has 0 amide bonds. The molecule has 4 nitrogen and oxygen atoms in total. The standard InChI is InChI=1S/C3H8NO3P/c1-4-2-3-8(5,6)7/h2H,3H2,1H3,(H2,5,6,7)/b4-2+. The molecule has 0 saturated carbocycles. The van der Waals surface area contributed by atoms with E-state index < -0.39 is 7.60 Å².